The van der Waals surface area contributed by atoms with E-state index < -0.39 is 16.1 Å². The Hall–Kier alpha value is -2.76. The minimum absolute atomic E-state index is 0.0324. The van der Waals surface area contributed by atoms with Gasteiger partial charge in [0.2, 0.25) is 15.6 Å². The average Bonchev–Trinajstić information content (AvgIpc) is 2.84. The Bertz CT molecular complexity index is 1270. The van der Waals surface area contributed by atoms with E-state index in [2.05, 4.69) is 19.9 Å². The number of aromatic amines is 1. The van der Waals surface area contributed by atoms with Crippen LogP contribution >= 0.6 is 0 Å². The first kappa shape index (κ1) is 24.4. The van der Waals surface area contributed by atoms with Gasteiger partial charge in [-0.2, -0.15) is 0 Å². The van der Waals surface area contributed by atoms with E-state index >= 15 is 0 Å². The van der Waals surface area contributed by atoms with Crippen molar-refractivity contribution in [1.29, 1.82) is 0 Å². The number of aliphatic hydroxyl groups excluding tert-OH is 1. The molecule has 1 aromatic heterocycles. The standard InChI is InChI=1S/C24H30N4O5S/c29-21-8-6-19(20-7-9-23(31)27-24(20)21)22(30)16-25-17-10-13-28(14-11-17)15-12-26-34(32,33)18-4-2-1-3-5-18/h1-9,17,22,25-26,29-30H,10-16H2,(H,27,31)/t22-/m1/s1. The van der Waals surface area contributed by atoms with Crippen molar-refractivity contribution in [3.05, 3.63) is 70.5 Å². The molecule has 0 bridgehead atoms. The van der Waals surface area contributed by atoms with Crippen LogP contribution in [0.5, 0.6) is 5.75 Å². The van der Waals surface area contributed by atoms with Crippen molar-refractivity contribution in [3.63, 3.8) is 0 Å². The van der Waals surface area contributed by atoms with Crippen molar-refractivity contribution in [3.8, 4) is 5.75 Å². The van der Waals surface area contributed by atoms with Gasteiger partial charge < -0.3 is 25.4 Å². The fourth-order valence-corrected chi connectivity index (χ4v) is 5.36. The highest BCUT2D eigenvalue weighted by Crippen LogP contribution is 2.28. The fourth-order valence-electron chi connectivity index (χ4n) is 4.32. The lowest BCUT2D eigenvalue weighted by atomic mass is 10.0. The van der Waals surface area contributed by atoms with Gasteiger partial charge in [0, 0.05) is 37.1 Å². The highest BCUT2D eigenvalue weighted by molar-refractivity contribution is 7.89. The predicted octanol–water partition coefficient (Wildman–Crippen LogP) is 1.30. The third kappa shape index (κ3) is 5.83. The van der Waals surface area contributed by atoms with Crippen LogP contribution in [0.3, 0.4) is 0 Å². The number of nitrogens with one attached hydrogen (secondary N) is 3. The van der Waals surface area contributed by atoms with E-state index in [-0.39, 0.29) is 22.2 Å². The average molecular weight is 487 g/mol. The maximum atomic E-state index is 12.3. The molecule has 2 heterocycles. The van der Waals surface area contributed by atoms with Gasteiger partial charge in [0.1, 0.15) is 5.75 Å². The molecule has 1 saturated heterocycles. The van der Waals surface area contributed by atoms with E-state index in [0.29, 0.717) is 36.1 Å². The highest BCUT2D eigenvalue weighted by Gasteiger charge is 2.21. The second kappa shape index (κ2) is 10.7. The summed E-state index contributed by atoms with van der Waals surface area (Å²) in [6, 6.07) is 14.7. The van der Waals surface area contributed by atoms with Gasteiger partial charge in [-0.05, 0) is 55.8 Å². The lowest BCUT2D eigenvalue weighted by Crippen LogP contribution is -2.45. The summed E-state index contributed by atoms with van der Waals surface area (Å²) in [5, 5.41) is 24.8. The van der Waals surface area contributed by atoms with Gasteiger partial charge in [-0.3, -0.25) is 4.79 Å². The number of piperidine rings is 1. The quantitative estimate of drug-likeness (QED) is 0.308. The fraction of sp³-hybridized carbons (Fsp3) is 0.375. The van der Waals surface area contributed by atoms with Crippen molar-refractivity contribution >= 4 is 20.9 Å². The number of sulfonamides is 1. The van der Waals surface area contributed by atoms with E-state index in [1.165, 1.54) is 12.1 Å². The van der Waals surface area contributed by atoms with Gasteiger partial charge in [0.15, 0.2) is 0 Å². The van der Waals surface area contributed by atoms with E-state index in [4.69, 9.17) is 0 Å². The summed E-state index contributed by atoms with van der Waals surface area (Å²) in [5.41, 5.74) is 0.645. The molecule has 0 amide bonds. The number of nitrogens with zero attached hydrogens (tertiary/aromatic N) is 1. The molecule has 0 saturated carbocycles. The molecule has 34 heavy (non-hydrogen) atoms. The number of phenolic OH excluding ortho intramolecular Hbond substituents is 1. The molecule has 10 heteroatoms. The largest absolute Gasteiger partial charge is 0.506 e. The van der Waals surface area contributed by atoms with E-state index in [1.807, 2.05) is 0 Å². The van der Waals surface area contributed by atoms with Gasteiger partial charge in [-0.15, -0.1) is 0 Å². The normalized spacial score (nSPS) is 16.6. The summed E-state index contributed by atoms with van der Waals surface area (Å²) >= 11 is 0. The van der Waals surface area contributed by atoms with Crippen molar-refractivity contribution in [2.45, 2.75) is 29.9 Å². The third-order valence-electron chi connectivity index (χ3n) is 6.23. The number of aromatic nitrogens is 1. The van der Waals surface area contributed by atoms with Gasteiger partial charge in [0.05, 0.1) is 16.5 Å². The van der Waals surface area contributed by atoms with E-state index in [9.17, 15) is 23.4 Å². The molecule has 0 aliphatic carbocycles. The molecule has 2 aromatic carbocycles. The summed E-state index contributed by atoms with van der Waals surface area (Å²) in [7, 11) is -3.49. The summed E-state index contributed by atoms with van der Waals surface area (Å²) in [6.07, 6.45) is 0.989. The van der Waals surface area contributed by atoms with Crippen molar-refractivity contribution in [2.24, 2.45) is 0 Å². The van der Waals surface area contributed by atoms with Crippen LogP contribution < -0.4 is 15.6 Å². The molecule has 1 atom stereocenters. The van der Waals surface area contributed by atoms with Crippen LogP contribution in [0.1, 0.15) is 24.5 Å². The number of phenols is 1. The first-order chi connectivity index (χ1) is 16.3. The number of fused-ring (bicyclic) bond motifs is 1. The maximum Gasteiger partial charge on any atom is 0.248 e. The van der Waals surface area contributed by atoms with Crippen molar-refractivity contribution in [2.75, 3.05) is 32.7 Å². The van der Waals surface area contributed by atoms with Crippen LogP contribution in [-0.4, -0.2) is 67.3 Å². The predicted molar refractivity (Wildman–Crippen MR) is 130 cm³/mol. The molecule has 182 valence electrons. The number of aliphatic hydroxyl groups is 1. The minimum Gasteiger partial charge on any atom is -0.506 e. The van der Waals surface area contributed by atoms with Crippen LogP contribution in [0.4, 0.5) is 0 Å². The molecule has 1 aliphatic rings. The molecule has 0 unspecified atom stereocenters. The van der Waals surface area contributed by atoms with Gasteiger partial charge >= 0.3 is 0 Å². The molecular formula is C24H30N4O5S. The van der Waals surface area contributed by atoms with Crippen LogP contribution in [-0.2, 0) is 10.0 Å². The number of rotatable bonds is 9. The molecule has 4 rings (SSSR count). The number of pyridine rings is 1. The second-order valence-corrected chi connectivity index (χ2v) is 10.3. The Morgan fingerprint density at radius 3 is 2.53 bits per heavy atom. The Kier molecular flexibility index (Phi) is 7.64. The SMILES string of the molecule is O=c1ccc2c([C@H](O)CNC3CCN(CCNS(=O)(=O)c4ccccc4)CC3)ccc(O)c2[nH]1. The number of hydrogen-bond acceptors (Lipinski definition) is 7. The van der Waals surface area contributed by atoms with Crippen LogP contribution in [0.15, 0.2) is 64.3 Å². The molecule has 0 spiro atoms. The Morgan fingerprint density at radius 1 is 1.06 bits per heavy atom. The molecule has 3 aromatic rings. The third-order valence-corrected chi connectivity index (χ3v) is 7.70. The molecule has 0 radical (unpaired) electrons. The molecule has 1 fully saturated rings. The van der Waals surface area contributed by atoms with Gasteiger partial charge in [-0.1, -0.05) is 24.3 Å². The minimum atomic E-state index is -3.49. The lowest BCUT2D eigenvalue weighted by molar-refractivity contribution is 0.153. The zero-order valence-corrected chi connectivity index (χ0v) is 19.6. The lowest BCUT2D eigenvalue weighted by Gasteiger charge is -2.33. The van der Waals surface area contributed by atoms with Crippen molar-refractivity contribution in [1.82, 2.24) is 19.9 Å². The Balaban J connectivity index is 1.23. The zero-order valence-electron chi connectivity index (χ0n) is 18.8. The van der Waals surface area contributed by atoms with Crippen LogP contribution in [0, 0.1) is 0 Å². The first-order valence-corrected chi connectivity index (χ1v) is 12.9. The Labute approximate surface area is 198 Å². The maximum absolute atomic E-state index is 12.3. The number of benzene rings is 2. The number of hydrogen-bond donors (Lipinski definition) is 5. The highest BCUT2D eigenvalue weighted by atomic mass is 32.2. The van der Waals surface area contributed by atoms with Crippen LogP contribution in [0.2, 0.25) is 0 Å². The molecule has 5 N–H and O–H groups in total. The second-order valence-electron chi connectivity index (χ2n) is 8.54. The summed E-state index contributed by atoms with van der Waals surface area (Å²) in [6.45, 7) is 3.01. The number of H-pyrrole nitrogens is 1. The van der Waals surface area contributed by atoms with Gasteiger partial charge in [0.25, 0.3) is 0 Å². The van der Waals surface area contributed by atoms with E-state index in [0.717, 1.165) is 25.9 Å². The Morgan fingerprint density at radius 2 is 1.79 bits per heavy atom. The molecule has 9 nitrogen and oxygen atoms in total. The zero-order chi connectivity index (χ0) is 24.1. The number of aromatic hydroxyl groups is 1. The van der Waals surface area contributed by atoms with Crippen molar-refractivity contribution < 1.29 is 18.6 Å². The first-order valence-electron chi connectivity index (χ1n) is 11.4. The summed E-state index contributed by atoms with van der Waals surface area (Å²) in [5.74, 6) is -0.0324. The number of likely N-dealkylation sites (tertiary alicyclic amines) is 1. The molecular weight excluding hydrogens is 456 g/mol. The monoisotopic (exact) mass is 486 g/mol. The van der Waals surface area contributed by atoms with E-state index in [1.54, 1.807) is 42.5 Å². The summed E-state index contributed by atoms with van der Waals surface area (Å²) in [4.78, 5) is 16.7. The topological polar surface area (TPSA) is 135 Å². The summed E-state index contributed by atoms with van der Waals surface area (Å²) < 4.78 is 27.3. The molecule has 1 aliphatic heterocycles. The van der Waals surface area contributed by atoms with Crippen LogP contribution in [0.25, 0.3) is 10.9 Å². The van der Waals surface area contributed by atoms with Gasteiger partial charge in [-0.25, -0.2) is 13.1 Å². The smallest absolute Gasteiger partial charge is 0.248 e.